The van der Waals surface area contributed by atoms with Crippen molar-refractivity contribution in [2.75, 3.05) is 13.7 Å². The van der Waals surface area contributed by atoms with Crippen molar-refractivity contribution >= 4 is 16.1 Å². The van der Waals surface area contributed by atoms with Gasteiger partial charge in [0.15, 0.2) is 0 Å². The number of methoxy groups -OCH3 is 1. The van der Waals surface area contributed by atoms with Crippen LogP contribution in [0.15, 0.2) is 59.9 Å². The van der Waals surface area contributed by atoms with Crippen LogP contribution in [0.4, 0.5) is 9.18 Å². The molecule has 0 atom stereocenters. The molecular formula is C19H18FN3O5S. The number of amides is 1. The van der Waals surface area contributed by atoms with E-state index >= 15 is 0 Å². The third-order valence-corrected chi connectivity index (χ3v) is 5.83. The van der Waals surface area contributed by atoms with Gasteiger partial charge in [-0.1, -0.05) is 0 Å². The normalized spacial score (nSPS) is 11.2. The average molecular weight is 419 g/mol. The van der Waals surface area contributed by atoms with Gasteiger partial charge in [0.2, 0.25) is 0 Å². The Bertz CT molecular complexity index is 1130. The Morgan fingerprint density at radius 1 is 1.31 bits per heavy atom. The summed E-state index contributed by atoms with van der Waals surface area (Å²) in [5, 5.41) is 10.9. The van der Waals surface area contributed by atoms with E-state index in [-0.39, 0.29) is 29.1 Å². The molecule has 0 saturated carbocycles. The van der Waals surface area contributed by atoms with E-state index in [1.54, 1.807) is 0 Å². The summed E-state index contributed by atoms with van der Waals surface area (Å²) >= 11 is 0. The Labute approximate surface area is 166 Å². The highest BCUT2D eigenvalue weighted by Gasteiger charge is 2.24. The molecule has 0 radical (unpaired) electrons. The van der Waals surface area contributed by atoms with E-state index in [0.717, 1.165) is 3.97 Å². The Kier molecular flexibility index (Phi) is 5.83. The molecule has 2 aromatic heterocycles. The van der Waals surface area contributed by atoms with Crippen LogP contribution in [0.5, 0.6) is 5.75 Å². The zero-order valence-electron chi connectivity index (χ0n) is 15.4. The minimum atomic E-state index is -4.06. The summed E-state index contributed by atoms with van der Waals surface area (Å²) in [7, 11) is -2.64. The van der Waals surface area contributed by atoms with E-state index in [1.165, 1.54) is 62.1 Å². The zero-order valence-corrected chi connectivity index (χ0v) is 16.2. The van der Waals surface area contributed by atoms with Gasteiger partial charge >= 0.3 is 6.09 Å². The minimum Gasteiger partial charge on any atom is -0.497 e. The van der Waals surface area contributed by atoms with Gasteiger partial charge in [-0.15, -0.1) is 0 Å². The SMILES string of the molecule is COc1ccc(F)c(-c2cc(CCNC(=O)O)cn2S(=O)(=O)c2cccnc2)c1. The molecule has 1 amide bonds. The lowest BCUT2D eigenvalue weighted by atomic mass is 10.1. The number of benzene rings is 1. The molecule has 10 heteroatoms. The molecule has 0 unspecified atom stereocenters. The smallest absolute Gasteiger partial charge is 0.404 e. The standard InChI is InChI=1S/C19H18FN3O5S/c1-28-14-4-5-17(20)16(10-14)18-9-13(6-8-22-19(24)25)12-23(18)29(26,27)15-3-2-7-21-11-15/h2-5,7,9-12,22H,6,8H2,1H3,(H,24,25). The molecule has 0 bridgehead atoms. The fraction of sp³-hybridized carbons (Fsp3) is 0.158. The molecule has 1 aromatic carbocycles. The largest absolute Gasteiger partial charge is 0.497 e. The molecule has 3 rings (SSSR count). The van der Waals surface area contributed by atoms with Gasteiger partial charge in [-0.3, -0.25) is 4.98 Å². The van der Waals surface area contributed by atoms with Crippen molar-refractivity contribution in [2.24, 2.45) is 0 Å². The van der Waals surface area contributed by atoms with Crippen molar-refractivity contribution in [3.05, 3.63) is 66.4 Å². The topological polar surface area (TPSA) is 111 Å². The Morgan fingerprint density at radius 3 is 2.76 bits per heavy atom. The van der Waals surface area contributed by atoms with Gasteiger partial charge in [-0.05, 0) is 48.4 Å². The number of rotatable bonds is 7. The van der Waals surface area contributed by atoms with E-state index in [0.29, 0.717) is 11.3 Å². The quantitative estimate of drug-likeness (QED) is 0.609. The molecule has 0 spiro atoms. The monoisotopic (exact) mass is 419 g/mol. The molecule has 0 aliphatic heterocycles. The number of nitrogens with zero attached hydrogens (tertiary/aromatic N) is 2. The van der Waals surface area contributed by atoms with Crippen LogP contribution < -0.4 is 10.1 Å². The van der Waals surface area contributed by atoms with Crippen molar-refractivity contribution in [3.8, 4) is 17.0 Å². The molecule has 0 saturated heterocycles. The minimum absolute atomic E-state index is 0.0364. The van der Waals surface area contributed by atoms with Crippen LogP contribution >= 0.6 is 0 Å². The summed E-state index contributed by atoms with van der Waals surface area (Å²) in [6, 6.07) is 8.40. The summed E-state index contributed by atoms with van der Waals surface area (Å²) in [4.78, 5) is 14.4. The van der Waals surface area contributed by atoms with Crippen LogP contribution in [0.3, 0.4) is 0 Å². The first-order valence-corrected chi connectivity index (χ1v) is 9.94. The van der Waals surface area contributed by atoms with Gasteiger partial charge in [0.05, 0.1) is 12.8 Å². The molecule has 8 nitrogen and oxygen atoms in total. The van der Waals surface area contributed by atoms with Crippen molar-refractivity contribution in [1.29, 1.82) is 0 Å². The number of hydrogen-bond acceptors (Lipinski definition) is 5. The maximum atomic E-state index is 14.6. The highest BCUT2D eigenvalue weighted by atomic mass is 32.2. The van der Waals surface area contributed by atoms with Crippen LogP contribution in [-0.2, 0) is 16.4 Å². The van der Waals surface area contributed by atoms with Crippen LogP contribution in [0.25, 0.3) is 11.3 Å². The maximum absolute atomic E-state index is 14.6. The molecule has 29 heavy (non-hydrogen) atoms. The van der Waals surface area contributed by atoms with Crippen molar-refractivity contribution in [1.82, 2.24) is 14.3 Å². The van der Waals surface area contributed by atoms with E-state index in [9.17, 15) is 17.6 Å². The molecule has 0 fully saturated rings. The number of pyridine rings is 1. The Morgan fingerprint density at radius 2 is 2.10 bits per heavy atom. The number of aromatic nitrogens is 2. The fourth-order valence-electron chi connectivity index (χ4n) is 2.78. The molecule has 3 aromatic rings. The van der Waals surface area contributed by atoms with E-state index in [2.05, 4.69) is 10.3 Å². The van der Waals surface area contributed by atoms with Gasteiger partial charge in [0, 0.05) is 30.7 Å². The second-order valence-electron chi connectivity index (χ2n) is 6.05. The summed E-state index contributed by atoms with van der Waals surface area (Å²) in [6.45, 7) is 0.0757. The lowest BCUT2D eigenvalue weighted by Gasteiger charge is -2.12. The van der Waals surface area contributed by atoms with Crippen LogP contribution in [0.2, 0.25) is 0 Å². The molecule has 152 valence electrons. The maximum Gasteiger partial charge on any atom is 0.404 e. The van der Waals surface area contributed by atoms with Crippen molar-refractivity contribution in [3.63, 3.8) is 0 Å². The lowest BCUT2D eigenvalue weighted by Crippen LogP contribution is -2.23. The lowest BCUT2D eigenvalue weighted by molar-refractivity contribution is 0.194. The molecule has 2 N–H and O–H groups in total. The van der Waals surface area contributed by atoms with Gasteiger partial charge in [-0.2, -0.15) is 0 Å². The fourth-order valence-corrected chi connectivity index (χ4v) is 4.14. The number of hydrogen-bond donors (Lipinski definition) is 2. The first kappa shape index (κ1) is 20.3. The third kappa shape index (κ3) is 4.37. The Balaban J connectivity index is 2.14. The second-order valence-corrected chi connectivity index (χ2v) is 7.87. The third-order valence-electron chi connectivity index (χ3n) is 4.17. The predicted octanol–water partition coefficient (Wildman–Crippen LogP) is 2.74. The number of halogens is 1. The zero-order chi connectivity index (χ0) is 21.0. The van der Waals surface area contributed by atoms with Gasteiger partial charge in [0.1, 0.15) is 16.5 Å². The first-order chi connectivity index (χ1) is 13.8. The Hall–Kier alpha value is -3.40. The highest BCUT2D eigenvalue weighted by molar-refractivity contribution is 7.90. The van der Waals surface area contributed by atoms with E-state index in [1.807, 2.05) is 0 Å². The highest BCUT2D eigenvalue weighted by Crippen LogP contribution is 2.31. The molecule has 0 aliphatic rings. The summed E-state index contributed by atoms with van der Waals surface area (Å²) in [5.41, 5.74) is 0.647. The van der Waals surface area contributed by atoms with Gasteiger partial charge in [-0.25, -0.2) is 21.6 Å². The molecule has 2 heterocycles. The number of nitrogens with one attached hydrogen (secondary N) is 1. The van der Waals surface area contributed by atoms with E-state index in [4.69, 9.17) is 9.84 Å². The number of carboxylic acid groups (broad SMARTS) is 1. The molecular weight excluding hydrogens is 401 g/mol. The van der Waals surface area contributed by atoms with Gasteiger partial charge < -0.3 is 15.2 Å². The van der Waals surface area contributed by atoms with Gasteiger partial charge in [0.25, 0.3) is 10.0 Å². The summed E-state index contributed by atoms with van der Waals surface area (Å²) in [6.07, 6.45) is 3.03. The van der Waals surface area contributed by atoms with Crippen LogP contribution in [-0.4, -0.2) is 42.2 Å². The van der Waals surface area contributed by atoms with Crippen LogP contribution in [0.1, 0.15) is 5.56 Å². The average Bonchev–Trinajstić information content (AvgIpc) is 3.13. The van der Waals surface area contributed by atoms with Crippen molar-refractivity contribution in [2.45, 2.75) is 11.3 Å². The number of ether oxygens (including phenoxy) is 1. The summed E-state index contributed by atoms with van der Waals surface area (Å²) < 4.78 is 47.0. The predicted molar refractivity (Wildman–Crippen MR) is 103 cm³/mol. The van der Waals surface area contributed by atoms with E-state index < -0.39 is 21.9 Å². The summed E-state index contributed by atoms with van der Waals surface area (Å²) in [5.74, 6) is -0.260. The first-order valence-electron chi connectivity index (χ1n) is 8.50. The second kappa shape index (κ2) is 8.31. The number of carbonyl (C=O) groups is 1. The molecule has 0 aliphatic carbocycles. The van der Waals surface area contributed by atoms with Crippen molar-refractivity contribution < 1.29 is 27.4 Å². The van der Waals surface area contributed by atoms with Crippen LogP contribution in [0, 0.1) is 5.82 Å².